The highest BCUT2D eigenvalue weighted by molar-refractivity contribution is 5.33. The van der Waals surface area contributed by atoms with Crippen LogP contribution in [0, 0.1) is 18.2 Å². The number of nitrogens with one attached hydrogen (secondary N) is 1. The van der Waals surface area contributed by atoms with E-state index in [1.54, 1.807) is 6.07 Å². The van der Waals surface area contributed by atoms with Crippen LogP contribution in [-0.2, 0) is 0 Å². The first-order chi connectivity index (χ1) is 5.83. The fraction of sp³-hybridized carbons (Fsp3) is 0.222. The number of aromatic nitrogens is 1. The molecule has 62 valence electrons. The zero-order valence-corrected chi connectivity index (χ0v) is 6.55. The van der Waals surface area contributed by atoms with Crippen molar-refractivity contribution in [1.29, 1.82) is 0 Å². The van der Waals surface area contributed by atoms with Crippen molar-refractivity contribution in [2.45, 2.75) is 6.42 Å². The van der Waals surface area contributed by atoms with Gasteiger partial charge < -0.3 is 5.32 Å². The molecule has 1 rings (SSSR count). The number of rotatable bonds is 3. The largest absolute Gasteiger partial charge is 0.369 e. The first kappa shape index (κ1) is 8.54. The Balaban J connectivity index is 2.43. The van der Waals surface area contributed by atoms with Crippen LogP contribution in [-0.4, -0.2) is 11.5 Å². The molecule has 3 heteroatoms. The Labute approximate surface area is 70.8 Å². The summed E-state index contributed by atoms with van der Waals surface area (Å²) in [4.78, 5) is 3.80. The maximum atomic E-state index is 12.4. The third-order valence-electron chi connectivity index (χ3n) is 1.30. The highest BCUT2D eigenvalue weighted by Crippen LogP contribution is 2.02. The molecular weight excluding hydrogens is 155 g/mol. The molecule has 1 aromatic rings. The summed E-state index contributed by atoms with van der Waals surface area (Å²) in [5, 5.41) is 2.95. The topological polar surface area (TPSA) is 24.9 Å². The number of anilines is 1. The Kier molecular flexibility index (Phi) is 3.09. The highest BCUT2D eigenvalue weighted by Gasteiger charge is 1.92. The predicted octanol–water partition coefficient (Wildman–Crippen LogP) is 1.66. The standard InChI is InChI=1S/C9H9FN2/c1-2-3-6-11-9-5-4-8(10)7-12-9/h1,4-5,7H,3,6H2,(H,11,12). The van der Waals surface area contributed by atoms with Crippen LogP contribution in [0.2, 0.25) is 0 Å². The highest BCUT2D eigenvalue weighted by atomic mass is 19.1. The smallest absolute Gasteiger partial charge is 0.141 e. The van der Waals surface area contributed by atoms with Crippen molar-refractivity contribution in [1.82, 2.24) is 4.98 Å². The fourth-order valence-electron chi connectivity index (χ4n) is 0.743. The maximum Gasteiger partial charge on any atom is 0.141 e. The van der Waals surface area contributed by atoms with Crippen LogP contribution < -0.4 is 5.32 Å². The molecule has 0 aliphatic carbocycles. The average Bonchev–Trinajstić information content (AvgIpc) is 2.09. The normalized spacial score (nSPS) is 9.00. The maximum absolute atomic E-state index is 12.4. The van der Waals surface area contributed by atoms with Gasteiger partial charge in [-0.05, 0) is 12.1 Å². The van der Waals surface area contributed by atoms with Crippen LogP contribution in [0.25, 0.3) is 0 Å². The Morgan fingerprint density at radius 1 is 1.58 bits per heavy atom. The van der Waals surface area contributed by atoms with E-state index in [1.807, 2.05) is 0 Å². The van der Waals surface area contributed by atoms with Gasteiger partial charge in [0.2, 0.25) is 0 Å². The third-order valence-corrected chi connectivity index (χ3v) is 1.30. The molecule has 0 aliphatic rings. The van der Waals surface area contributed by atoms with E-state index in [2.05, 4.69) is 16.2 Å². The van der Waals surface area contributed by atoms with Crippen LogP contribution in [0.15, 0.2) is 18.3 Å². The van der Waals surface area contributed by atoms with Gasteiger partial charge in [0.1, 0.15) is 11.6 Å². The molecule has 0 saturated carbocycles. The quantitative estimate of drug-likeness (QED) is 0.542. The zero-order valence-electron chi connectivity index (χ0n) is 6.55. The third kappa shape index (κ3) is 2.59. The Bertz CT molecular complexity index is 274. The molecule has 12 heavy (non-hydrogen) atoms. The fourth-order valence-corrected chi connectivity index (χ4v) is 0.743. The van der Waals surface area contributed by atoms with Crippen molar-refractivity contribution in [3.05, 3.63) is 24.1 Å². The van der Waals surface area contributed by atoms with E-state index in [0.717, 1.165) is 6.20 Å². The van der Waals surface area contributed by atoms with Crippen molar-refractivity contribution in [3.8, 4) is 12.3 Å². The van der Waals surface area contributed by atoms with E-state index in [9.17, 15) is 4.39 Å². The van der Waals surface area contributed by atoms with Gasteiger partial charge in [0.25, 0.3) is 0 Å². The minimum Gasteiger partial charge on any atom is -0.369 e. The van der Waals surface area contributed by atoms with Gasteiger partial charge in [-0.25, -0.2) is 9.37 Å². The van der Waals surface area contributed by atoms with Crippen LogP contribution in [0.4, 0.5) is 10.2 Å². The number of nitrogens with zero attached hydrogens (tertiary/aromatic N) is 1. The number of hydrogen-bond donors (Lipinski definition) is 1. The molecule has 1 N–H and O–H groups in total. The second kappa shape index (κ2) is 4.35. The molecule has 2 nitrogen and oxygen atoms in total. The van der Waals surface area contributed by atoms with Gasteiger partial charge in [0, 0.05) is 13.0 Å². The Morgan fingerprint density at radius 2 is 2.42 bits per heavy atom. The van der Waals surface area contributed by atoms with Gasteiger partial charge in [0.05, 0.1) is 6.20 Å². The molecule has 1 aromatic heterocycles. The molecule has 0 saturated heterocycles. The number of halogens is 1. The molecule has 1 heterocycles. The Morgan fingerprint density at radius 3 is 3.00 bits per heavy atom. The first-order valence-corrected chi connectivity index (χ1v) is 3.62. The summed E-state index contributed by atoms with van der Waals surface area (Å²) >= 11 is 0. The number of terminal acetylenes is 1. The van der Waals surface area contributed by atoms with E-state index in [4.69, 9.17) is 6.42 Å². The second-order valence-electron chi connectivity index (χ2n) is 2.24. The van der Waals surface area contributed by atoms with Crippen molar-refractivity contribution in [2.75, 3.05) is 11.9 Å². The predicted molar refractivity (Wildman–Crippen MR) is 46.1 cm³/mol. The van der Waals surface area contributed by atoms with E-state index < -0.39 is 0 Å². The minimum atomic E-state index is -0.336. The van der Waals surface area contributed by atoms with Gasteiger partial charge in [-0.3, -0.25) is 0 Å². The van der Waals surface area contributed by atoms with Gasteiger partial charge in [-0.2, -0.15) is 0 Å². The summed E-state index contributed by atoms with van der Waals surface area (Å²) in [6, 6.07) is 2.93. The lowest BCUT2D eigenvalue weighted by Gasteiger charge is -2.01. The summed E-state index contributed by atoms with van der Waals surface area (Å²) in [5.41, 5.74) is 0. The lowest BCUT2D eigenvalue weighted by Crippen LogP contribution is -2.01. The summed E-state index contributed by atoms with van der Waals surface area (Å²) in [5.74, 6) is 2.79. The summed E-state index contributed by atoms with van der Waals surface area (Å²) < 4.78 is 12.4. The molecule has 0 radical (unpaired) electrons. The van der Waals surface area contributed by atoms with Crippen LogP contribution >= 0.6 is 0 Å². The molecule has 0 aromatic carbocycles. The molecule has 0 aliphatic heterocycles. The molecule has 0 bridgehead atoms. The van der Waals surface area contributed by atoms with E-state index in [-0.39, 0.29) is 5.82 Å². The first-order valence-electron chi connectivity index (χ1n) is 3.62. The van der Waals surface area contributed by atoms with Crippen LogP contribution in [0.5, 0.6) is 0 Å². The monoisotopic (exact) mass is 164 g/mol. The van der Waals surface area contributed by atoms with Gasteiger partial charge in [-0.1, -0.05) is 0 Å². The molecule has 0 atom stereocenters. The van der Waals surface area contributed by atoms with Crippen molar-refractivity contribution in [2.24, 2.45) is 0 Å². The Hall–Kier alpha value is -1.56. The molecular formula is C9H9FN2. The van der Waals surface area contributed by atoms with Crippen molar-refractivity contribution < 1.29 is 4.39 Å². The van der Waals surface area contributed by atoms with E-state index in [1.165, 1.54) is 6.07 Å². The molecule has 0 spiro atoms. The summed E-state index contributed by atoms with van der Waals surface area (Å²) in [6.45, 7) is 0.662. The van der Waals surface area contributed by atoms with Crippen molar-refractivity contribution in [3.63, 3.8) is 0 Å². The summed E-state index contributed by atoms with van der Waals surface area (Å²) in [7, 11) is 0. The van der Waals surface area contributed by atoms with Gasteiger partial charge in [-0.15, -0.1) is 12.3 Å². The van der Waals surface area contributed by atoms with E-state index >= 15 is 0 Å². The van der Waals surface area contributed by atoms with Crippen LogP contribution in [0.3, 0.4) is 0 Å². The van der Waals surface area contributed by atoms with Crippen molar-refractivity contribution >= 4 is 5.82 Å². The zero-order chi connectivity index (χ0) is 8.81. The number of pyridine rings is 1. The van der Waals surface area contributed by atoms with Gasteiger partial charge >= 0.3 is 0 Å². The lowest BCUT2D eigenvalue weighted by atomic mass is 10.4. The summed E-state index contributed by atoms with van der Waals surface area (Å²) in [6.07, 6.45) is 6.85. The SMILES string of the molecule is C#CCCNc1ccc(F)cn1. The van der Waals surface area contributed by atoms with Gasteiger partial charge in [0.15, 0.2) is 0 Å². The number of hydrogen-bond acceptors (Lipinski definition) is 2. The van der Waals surface area contributed by atoms with E-state index in [0.29, 0.717) is 18.8 Å². The average molecular weight is 164 g/mol. The molecule has 0 unspecified atom stereocenters. The molecule has 0 fully saturated rings. The lowest BCUT2D eigenvalue weighted by molar-refractivity contribution is 0.621. The second-order valence-corrected chi connectivity index (χ2v) is 2.24. The van der Waals surface area contributed by atoms with Crippen LogP contribution in [0.1, 0.15) is 6.42 Å². The molecule has 0 amide bonds. The minimum absolute atomic E-state index is 0.336.